The van der Waals surface area contributed by atoms with Gasteiger partial charge in [-0.15, -0.1) is 5.10 Å². The topological polar surface area (TPSA) is 113 Å². The molecule has 1 saturated carbocycles. The third kappa shape index (κ3) is 2.43. The van der Waals surface area contributed by atoms with E-state index >= 15 is 0 Å². The maximum atomic E-state index is 11.1. The van der Waals surface area contributed by atoms with Gasteiger partial charge in [0.25, 0.3) is 0 Å². The highest BCUT2D eigenvalue weighted by molar-refractivity contribution is 7.99. The highest BCUT2D eigenvalue weighted by Gasteiger charge is 2.30. The van der Waals surface area contributed by atoms with Gasteiger partial charge in [-0.2, -0.15) is 0 Å². The number of tetrazole rings is 1. The van der Waals surface area contributed by atoms with Gasteiger partial charge in [0.2, 0.25) is 10.4 Å². The molecular weight excluding hydrogens is 306 g/mol. The number of aromatic nitrogens is 6. The Hall–Kier alpha value is -1.81. The number of hydrogen-bond acceptors (Lipinski definition) is 8. The summed E-state index contributed by atoms with van der Waals surface area (Å²) in [6.07, 6.45) is 2.01. The summed E-state index contributed by atoms with van der Waals surface area (Å²) in [7, 11) is 0. The second kappa shape index (κ2) is 4.94. The van der Waals surface area contributed by atoms with Crippen LogP contribution in [0.5, 0.6) is 0 Å². The van der Waals surface area contributed by atoms with Crippen molar-refractivity contribution in [2.45, 2.75) is 36.0 Å². The Morgan fingerprint density at radius 2 is 2.20 bits per heavy atom. The summed E-state index contributed by atoms with van der Waals surface area (Å²) in [5.74, 6) is 0. The van der Waals surface area contributed by atoms with E-state index in [4.69, 9.17) is 11.6 Å². The predicted molar refractivity (Wildman–Crippen MR) is 68.6 cm³/mol. The van der Waals surface area contributed by atoms with Crippen molar-refractivity contribution >= 4 is 29.1 Å². The Labute approximate surface area is 121 Å². The van der Waals surface area contributed by atoms with Gasteiger partial charge in [0, 0.05) is 0 Å². The number of hydrogen-bond donors (Lipinski definition) is 0. The maximum absolute atomic E-state index is 11.1. The lowest BCUT2D eigenvalue weighted by molar-refractivity contribution is -0.389. The fourth-order valence-corrected chi connectivity index (χ4v) is 2.92. The molecular formula is C9H8ClN7O2S. The molecule has 104 valence electrons. The van der Waals surface area contributed by atoms with Gasteiger partial charge < -0.3 is 0 Å². The van der Waals surface area contributed by atoms with E-state index in [-0.39, 0.29) is 27.7 Å². The van der Waals surface area contributed by atoms with Gasteiger partial charge in [0.15, 0.2) is 5.03 Å². The van der Waals surface area contributed by atoms with Crippen molar-refractivity contribution in [3.63, 3.8) is 0 Å². The lowest BCUT2D eigenvalue weighted by Crippen LogP contribution is -2.02. The first-order chi connectivity index (χ1) is 9.56. The van der Waals surface area contributed by atoms with Gasteiger partial charge in [-0.3, -0.25) is 10.1 Å². The molecule has 0 spiro atoms. The van der Waals surface area contributed by atoms with Gasteiger partial charge in [-0.1, -0.05) is 0 Å². The van der Waals surface area contributed by atoms with Crippen molar-refractivity contribution in [3.05, 3.63) is 21.1 Å². The molecule has 0 aliphatic heterocycles. The molecule has 9 nitrogen and oxygen atoms in total. The van der Waals surface area contributed by atoms with E-state index in [1.807, 2.05) is 0 Å². The fourth-order valence-electron chi connectivity index (χ4n) is 1.68. The van der Waals surface area contributed by atoms with Gasteiger partial charge in [-0.05, 0) is 53.6 Å². The summed E-state index contributed by atoms with van der Waals surface area (Å²) < 4.78 is 1.65. The normalized spacial score (nSPS) is 14.5. The molecule has 1 fully saturated rings. The second-order valence-corrected chi connectivity index (χ2v) is 5.52. The van der Waals surface area contributed by atoms with Crippen molar-refractivity contribution < 1.29 is 4.92 Å². The van der Waals surface area contributed by atoms with Crippen LogP contribution in [-0.4, -0.2) is 35.1 Å². The van der Waals surface area contributed by atoms with E-state index in [2.05, 4.69) is 25.5 Å². The first kappa shape index (κ1) is 13.2. The van der Waals surface area contributed by atoms with Gasteiger partial charge >= 0.3 is 5.69 Å². The second-order valence-electron chi connectivity index (χ2n) is 4.23. The van der Waals surface area contributed by atoms with Crippen LogP contribution in [0.3, 0.4) is 0 Å². The molecule has 0 saturated heterocycles. The molecule has 2 aromatic rings. The molecule has 2 heterocycles. The van der Waals surface area contributed by atoms with Crippen LogP contribution in [0.25, 0.3) is 0 Å². The van der Waals surface area contributed by atoms with Crippen molar-refractivity contribution in [2.24, 2.45) is 0 Å². The molecule has 0 N–H and O–H groups in total. The van der Waals surface area contributed by atoms with E-state index in [9.17, 15) is 10.1 Å². The SMILES string of the molecule is Cc1nc(Cl)nc(Sc2nnnn2C2CC2)c1[N+](=O)[O-]. The number of nitro groups is 1. The van der Waals surface area contributed by atoms with E-state index in [0.717, 1.165) is 24.6 Å². The van der Waals surface area contributed by atoms with Crippen LogP contribution in [0.4, 0.5) is 5.69 Å². The quantitative estimate of drug-likeness (QED) is 0.363. The van der Waals surface area contributed by atoms with Gasteiger partial charge in [0.1, 0.15) is 5.69 Å². The molecule has 0 atom stereocenters. The Morgan fingerprint density at radius 1 is 1.45 bits per heavy atom. The predicted octanol–water partition coefficient (Wildman–Crippen LogP) is 1.82. The summed E-state index contributed by atoms with van der Waals surface area (Å²) in [6.45, 7) is 1.51. The minimum atomic E-state index is -0.529. The maximum Gasteiger partial charge on any atom is 0.322 e. The monoisotopic (exact) mass is 313 g/mol. The first-order valence-electron chi connectivity index (χ1n) is 5.70. The van der Waals surface area contributed by atoms with Crippen LogP contribution in [0.1, 0.15) is 24.6 Å². The van der Waals surface area contributed by atoms with Gasteiger partial charge in [0.05, 0.1) is 11.0 Å². The van der Waals surface area contributed by atoms with Crippen LogP contribution in [-0.2, 0) is 0 Å². The standard InChI is InChI=1S/C9H8ClN7O2S/c1-4-6(17(18)19)7(12-8(10)11-4)20-9-13-14-15-16(9)5-2-3-5/h5H,2-3H2,1H3. The minimum absolute atomic E-state index is 0.0407. The Kier molecular flexibility index (Phi) is 3.26. The number of nitrogens with zero attached hydrogens (tertiary/aromatic N) is 7. The third-order valence-corrected chi connectivity index (χ3v) is 3.82. The molecule has 0 aromatic carbocycles. The summed E-state index contributed by atoms with van der Waals surface area (Å²) in [6, 6.07) is 0.268. The van der Waals surface area contributed by atoms with Crippen LogP contribution in [0.15, 0.2) is 10.2 Å². The van der Waals surface area contributed by atoms with E-state index < -0.39 is 4.92 Å². The average Bonchev–Trinajstić information content (AvgIpc) is 3.09. The first-order valence-corrected chi connectivity index (χ1v) is 6.90. The van der Waals surface area contributed by atoms with Crippen molar-refractivity contribution in [1.29, 1.82) is 0 Å². The number of halogens is 1. The average molecular weight is 314 g/mol. The summed E-state index contributed by atoms with van der Waals surface area (Å²) in [5, 5.41) is 23.0. The lowest BCUT2D eigenvalue weighted by atomic mass is 10.4. The minimum Gasteiger partial charge on any atom is -0.258 e. The number of rotatable bonds is 4. The Morgan fingerprint density at radius 3 is 2.85 bits per heavy atom. The highest BCUT2D eigenvalue weighted by atomic mass is 35.5. The van der Waals surface area contributed by atoms with Crippen LogP contribution >= 0.6 is 23.4 Å². The molecule has 1 aliphatic rings. The summed E-state index contributed by atoms with van der Waals surface area (Å²) in [4.78, 5) is 18.3. The molecule has 1 aliphatic carbocycles. The van der Waals surface area contributed by atoms with E-state index in [1.165, 1.54) is 6.92 Å². The van der Waals surface area contributed by atoms with Crippen LogP contribution < -0.4 is 0 Å². The largest absolute Gasteiger partial charge is 0.322 e. The zero-order chi connectivity index (χ0) is 14.3. The molecule has 20 heavy (non-hydrogen) atoms. The molecule has 11 heteroatoms. The van der Waals surface area contributed by atoms with Crippen LogP contribution in [0, 0.1) is 17.0 Å². The lowest BCUT2D eigenvalue weighted by Gasteiger charge is -2.04. The molecule has 0 unspecified atom stereocenters. The molecule has 0 bridgehead atoms. The third-order valence-electron chi connectivity index (χ3n) is 2.72. The molecule has 0 radical (unpaired) electrons. The molecule has 3 rings (SSSR count). The Balaban J connectivity index is 2.01. The van der Waals surface area contributed by atoms with Gasteiger partial charge in [-0.25, -0.2) is 14.6 Å². The number of aryl methyl sites for hydroxylation is 1. The van der Waals surface area contributed by atoms with Crippen molar-refractivity contribution in [2.75, 3.05) is 0 Å². The van der Waals surface area contributed by atoms with Crippen LogP contribution in [0.2, 0.25) is 5.28 Å². The zero-order valence-corrected chi connectivity index (χ0v) is 11.8. The highest BCUT2D eigenvalue weighted by Crippen LogP contribution is 2.39. The van der Waals surface area contributed by atoms with Crippen molar-refractivity contribution in [1.82, 2.24) is 30.2 Å². The smallest absolute Gasteiger partial charge is 0.258 e. The van der Waals surface area contributed by atoms with E-state index in [1.54, 1.807) is 4.68 Å². The van der Waals surface area contributed by atoms with E-state index in [0.29, 0.717) is 5.16 Å². The molecule has 0 amide bonds. The Bertz CT molecular complexity index is 687. The fraction of sp³-hybridized carbons (Fsp3) is 0.444. The molecule has 2 aromatic heterocycles. The summed E-state index contributed by atoms with van der Waals surface area (Å²) in [5.41, 5.74) is 0.0349. The summed E-state index contributed by atoms with van der Waals surface area (Å²) >= 11 is 6.79. The van der Waals surface area contributed by atoms with Crippen molar-refractivity contribution in [3.8, 4) is 0 Å². The zero-order valence-electron chi connectivity index (χ0n) is 10.2.